The van der Waals surface area contributed by atoms with Crippen molar-refractivity contribution in [2.24, 2.45) is 0 Å². The molecule has 2 fully saturated rings. The van der Waals surface area contributed by atoms with Crippen LogP contribution in [0.4, 0.5) is 4.79 Å². The predicted octanol–water partition coefficient (Wildman–Crippen LogP) is 2.86. The summed E-state index contributed by atoms with van der Waals surface area (Å²) in [7, 11) is -0.430. The van der Waals surface area contributed by atoms with Crippen LogP contribution >= 0.6 is 0 Å². The average Bonchev–Trinajstić information content (AvgIpc) is 2.72. The van der Waals surface area contributed by atoms with Crippen LogP contribution in [0.15, 0.2) is 24.3 Å². The lowest BCUT2D eigenvalue weighted by atomic mass is 9.68. The summed E-state index contributed by atoms with van der Waals surface area (Å²) in [5, 5.41) is 12.9. The normalized spacial score (nSPS) is 28.6. The minimum absolute atomic E-state index is 0.395. The zero-order chi connectivity index (χ0) is 21.0. The molecule has 0 unspecified atom stereocenters. The molecule has 0 aromatic heterocycles. The van der Waals surface area contributed by atoms with Crippen molar-refractivity contribution in [3.63, 3.8) is 0 Å². The second kappa shape index (κ2) is 6.75. The number of aliphatic hydroxyl groups excluding tert-OH is 1. The number of ether oxygens (including phenoxy) is 1. The molecule has 3 rings (SSSR count). The topological polar surface area (TPSA) is 77.0 Å². The standard InChI is InChI=1S/C21H32BNO5/c1-18(2,3)26-17(25)23-21(12-16(24)13-21)14-8-10-15(11-9-14)22-27-19(4,5)20(6,7)28-22/h8-11,16,24H,12-13H2,1-7H3,(H,23,25). The maximum Gasteiger partial charge on any atom is 0.494 e. The molecule has 1 saturated heterocycles. The van der Waals surface area contributed by atoms with Crippen molar-refractivity contribution in [3.05, 3.63) is 29.8 Å². The van der Waals surface area contributed by atoms with E-state index in [0.29, 0.717) is 12.8 Å². The van der Waals surface area contributed by atoms with E-state index in [1.807, 2.05) is 72.7 Å². The minimum atomic E-state index is -0.615. The molecular formula is C21H32BNO5. The van der Waals surface area contributed by atoms with Crippen molar-refractivity contribution in [1.82, 2.24) is 5.32 Å². The summed E-state index contributed by atoms with van der Waals surface area (Å²) in [6.45, 7) is 13.6. The van der Waals surface area contributed by atoms with Gasteiger partial charge in [-0.15, -0.1) is 0 Å². The average molecular weight is 389 g/mol. The maximum absolute atomic E-state index is 12.3. The van der Waals surface area contributed by atoms with Gasteiger partial charge < -0.3 is 24.5 Å². The highest BCUT2D eigenvalue weighted by Gasteiger charge is 2.52. The number of benzene rings is 1. The number of aliphatic hydroxyl groups is 1. The fourth-order valence-corrected chi connectivity index (χ4v) is 3.59. The molecule has 2 N–H and O–H groups in total. The van der Waals surface area contributed by atoms with Crippen molar-refractivity contribution in [2.45, 2.75) is 89.8 Å². The Labute approximate surface area is 168 Å². The summed E-state index contributed by atoms with van der Waals surface area (Å²) < 4.78 is 17.6. The van der Waals surface area contributed by atoms with E-state index in [1.165, 1.54) is 0 Å². The van der Waals surface area contributed by atoms with Crippen molar-refractivity contribution in [2.75, 3.05) is 0 Å². The first-order chi connectivity index (χ1) is 12.7. The van der Waals surface area contributed by atoms with E-state index in [2.05, 4.69) is 5.32 Å². The van der Waals surface area contributed by atoms with Gasteiger partial charge in [0.2, 0.25) is 0 Å². The van der Waals surface area contributed by atoms with Crippen LogP contribution in [-0.4, -0.2) is 41.2 Å². The van der Waals surface area contributed by atoms with Crippen LogP contribution in [0.5, 0.6) is 0 Å². The van der Waals surface area contributed by atoms with Gasteiger partial charge >= 0.3 is 13.2 Å². The third-order valence-corrected chi connectivity index (χ3v) is 5.90. The van der Waals surface area contributed by atoms with Gasteiger partial charge in [-0.05, 0) is 59.5 Å². The zero-order valence-electron chi connectivity index (χ0n) is 18.0. The first-order valence-corrected chi connectivity index (χ1v) is 9.88. The van der Waals surface area contributed by atoms with Crippen LogP contribution in [0.1, 0.15) is 66.9 Å². The molecule has 1 aromatic carbocycles. The zero-order valence-corrected chi connectivity index (χ0v) is 18.0. The predicted molar refractivity (Wildman–Crippen MR) is 108 cm³/mol. The molecule has 1 amide bonds. The minimum Gasteiger partial charge on any atom is -0.444 e. The summed E-state index contributed by atoms with van der Waals surface area (Å²) in [4.78, 5) is 12.3. The fraction of sp³-hybridized carbons (Fsp3) is 0.667. The van der Waals surface area contributed by atoms with Crippen molar-refractivity contribution < 1.29 is 23.9 Å². The van der Waals surface area contributed by atoms with Crippen LogP contribution in [0.3, 0.4) is 0 Å². The third-order valence-electron chi connectivity index (χ3n) is 5.90. The Morgan fingerprint density at radius 2 is 1.61 bits per heavy atom. The van der Waals surface area contributed by atoms with Crippen LogP contribution in [0.25, 0.3) is 0 Å². The number of amides is 1. The van der Waals surface area contributed by atoms with Crippen LogP contribution in [0, 0.1) is 0 Å². The molecule has 6 nitrogen and oxygen atoms in total. The lowest BCUT2D eigenvalue weighted by molar-refractivity contribution is -0.0124. The Bertz CT molecular complexity index is 716. The van der Waals surface area contributed by atoms with E-state index in [0.717, 1.165) is 11.0 Å². The van der Waals surface area contributed by atoms with Gasteiger partial charge in [-0.2, -0.15) is 0 Å². The molecule has 1 aromatic rings. The van der Waals surface area contributed by atoms with E-state index < -0.39 is 41.7 Å². The van der Waals surface area contributed by atoms with Gasteiger partial charge in [-0.1, -0.05) is 24.3 Å². The Morgan fingerprint density at radius 3 is 2.04 bits per heavy atom. The molecule has 28 heavy (non-hydrogen) atoms. The summed E-state index contributed by atoms with van der Waals surface area (Å²) in [5.74, 6) is 0. The Balaban J connectivity index is 1.76. The number of carbonyl (C=O) groups is 1. The first-order valence-electron chi connectivity index (χ1n) is 9.88. The van der Waals surface area contributed by atoms with E-state index in [9.17, 15) is 9.90 Å². The largest absolute Gasteiger partial charge is 0.494 e. The number of hydrogen-bond donors (Lipinski definition) is 2. The smallest absolute Gasteiger partial charge is 0.444 e. The summed E-state index contributed by atoms with van der Waals surface area (Å²) in [6.07, 6.45) is 0.0107. The molecule has 1 aliphatic heterocycles. The number of alkyl carbamates (subject to hydrolysis) is 1. The van der Waals surface area contributed by atoms with Crippen molar-refractivity contribution in [1.29, 1.82) is 0 Å². The van der Waals surface area contributed by atoms with E-state index in [1.54, 1.807) is 0 Å². The van der Waals surface area contributed by atoms with Gasteiger partial charge in [0, 0.05) is 12.8 Å². The van der Waals surface area contributed by atoms with E-state index in [-0.39, 0.29) is 0 Å². The highest BCUT2D eigenvalue weighted by atomic mass is 16.7. The van der Waals surface area contributed by atoms with Crippen molar-refractivity contribution >= 4 is 18.7 Å². The van der Waals surface area contributed by atoms with E-state index >= 15 is 0 Å². The maximum atomic E-state index is 12.3. The summed E-state index contributed by atoms with van der Waals surface area (Å²) >= 11 is 0. The lowest BCUT2D eigenvalue weighted by Crippen LogP contribution is -2.57. The van der Waals surface area contributed by atoms with Crippen molar-refractivity contribution in [3.8, 4) is 0 Å². The van der Waals surface area contributed by atoms with Gasteiger partial charge in [0.25, 0.3) is 0 Å². The Hall–Kier alpha value is -1.57. The number of carbonyl (C=O) groups excluding carboxylic acids is 1. The van der Waals surface area contributed by atoms with Crippen LogP contribution < -0.4 is 10.8 Å². The molecule has 1 saturated carbocycles. The molecule has 0 bridgehead atoms. The quantitative estimate of drug-likeness (QED) is 0.778. The second-order valence-corrected chi connectivity index (χ2v) is 9.98. The third kappa shape index (κ3) is 4.07. The Morgan fingerprint density at radius 1 is 1.11 bits per heavy atom. The summed E-state index contributed by atoms with van der Waals surface area (Å²) in [6, 6.07) is 7.84. The molecule has 154 valence electrons. The van der Waals surface area contributed by atoms with Gasteiger partial charge in [0.05, 0.1) is 22.8 Å². The van der Waals surface area contributed by atoms with Crippen LogP contribution in [-0.2, 0) is 19.6 Å². The van der Waals surface area contributed by atoms with E-state index in [4.69, 9.17) is 14.0 Å². The number of rotatable bonds is 3. The fourth-order valence-electron chi connectivity index (χ4n) is 3.59. The molecule has 0 radical (unpaired) electrons. The van der Waals surface area contributed by atoms with Crippen LogP contribution in [0.2, 0.25) is 0 Å². The molecule has 0 spiro atoms. The highest BCUT2D eigenvalue weighted by molar-refractivity contribution is 6.62. The molecule has 1 heterocycles. The SMILES string of the molecule is CC(C)(C)OC(=O)NC1(c2ccc(B3OC(C)(C)C(C)(C)O3)cc2)CC(O)C1. The highest BCUT2D eigenvalue weighted by Crippen LogP contribution is 2.42. The first kappa shape index (κ1) is 21.2. The van der Waals surface area contributed by atoms with Gasteiger partial charge in [-0.3, -0.25) is 0 Å². The molecule has 0 atom stereocenters. The lowest BCUT2D eigenvalue weighted by Gasteiger charge is -2.46. The molecule has 2 aliphatic rings. The summed E-state index contributed by atoms with van der Waals surface area (Å²) in [5.41, 5.74) is -0.120. The van der Waals surface area contributed by atoms with Gasteiger partial charge in [0.15, 0.2) is 0 Å². The monoisotopic (exact) mass is 389 g/mol. The number of nitrogens with one attached hydrogen (secondary N) is 1. The molecular weight excluding hydrogens is 357 g/mol. The van der Waals surface area contributed by atoms with Gasteiger partial charge in [0.1, 0.15) is 5.60 Å². The van der Waals surface area contributed by atoms with Gasteiger partial charge in [-0.25, -0.2) is 4.79 Å². The molecule has 1 aliphatic carbocycles. The number of hydrogen-bond acceptors (Lipinski definition) is 5. The second-order valence-electron chi connectivity index (χ2n) is 9.98. The Kier molecular flexibility index (Phi) is 5.10. The molecule has 7 heteroatoms.